The Morgan fingerprint density at radius 3 is 3.10 bits per heavy atom. The molecule has 1 fully saturated rings. The number of nitriles is 1. The molecule has 1 amide bonds. The largest absolute Gasteiger partial charge is 0.315 e. The summed E-state index contributed by atoms with van der Waals surface area (Å²) in [7, 11) is 0. The van der Waals surface area contributed by atoms with E-state index in [4.69, 9.17) is 0 Å². The number of amides is 1. The van der Waals surface area contributed by atoms with Crippen molar-refractivity contribution in [2.24, 2.45) is 5.92 Å². The standard InChI is InChI=1S/C16H21N3OS/c1-11-4-3-7-19(9-11)10-15(20)18-16-13(8-17)12-5-2-6-14(12)21-16/h11H,2-7,9-10H2,1H3,(H,18,20)/t11-/m0/s1. The van der Waals surface area contributed by atoms with Crippen LogP contribution >= 0.6 is 11.3 Å². The van der Waals surface area contributed by atoms with Gasteiger partial charge in [-0.2, -0.15) is 5.26 Å². The first kappa shape index (κ1) is 14.6. The molecule has 5 heteroatoms. The molecule has 1 aromatic heterocycles. The van der Waals surface area contributed by atoms with E-state index in [1.165, 1.54) is 23.3 Å². The highest BCUT2D eigenvalue weighted by molar-refractivity contribution is 7.16. The van der Waals surface area contributed by atoms with Crippen LogP contribution in [0, 0.1) is 17.2 Å². The Hall–Kier alpha value is -1.38. The second kappa shape index (κ2) is 6.17. The van der Waals surface area contributed by atoms with Crippen LogP contribution in [0.5, 0.6) is 0 Å². The van der Waals surface area contributed by atoms with Crippen LogP contribution in [0.1, 0.15) is 42.2 Å². The third-order valence-corrected chi connectivity index (χ3v) is 5.60. The van der Waals surface area contributed by atoms with Crippen molar-refractivity contribution in [1.82, 2.24) is 4.90 Å². The molecule has 1 aliphatic carbocycles. The fourth-order valence-electron chi connectivity index (χ4n) is 3.41. The van der Waals surface area contributed by atoms with Crippen LogP contribution in [0.4, 0.5) is 5.00 Å². The van der Waals surface area contributed by atoms with E-state index in [2.05, 4.69) is 23.2 Å². The van der Waals surface area contributed by atoms with Crippen molar-refractivity contribution >= 4 is 22.2 Å². The zero-order chi connectivity index (χ0) is 14.8. The quantitative estimate of drug-likeness (QED) is 0.934. The molecule has 112 valence electrons. The van der Waals surface area contributed by atoms with Crippen LogP contribution in [-0.4, -0.2) is 30.4 Å². The number of rotatable bonds is 3. The molecular weight excluding hydrogens is 282 g/mol. The number of carbonyl (C=O) groups is 1. The van der Waals surface area contributed by atoms with E-state index in [0.717, 1.165) is 37.4 Å². The Kier molecular flexibility index (Phi) is 4.27. The molecule has 3 rings (SSSR count). The number of nitrogens with zero attached hydrogens (tertiary/aromatic N) is 2. The molecule has 0 saturated carbocycles. The van der Waals surface area contributed by atoms with Gasteiger partial charge in [0.05, 0.1) is 12.1 Å². The Bertz CT molecular complexity index is 587. The molecule has 4 nitrogen and oxygen atoms in total. The Labute approximate surface area is 129 Å². The first-order valence-electron chi connectivity index (χ1n) is 7.74. The zero-order valence-corrected chi connectivity index (χ0v) is 13.3. The van der Waals surface area contributed by atoms with E-state index in [-0.39, 0.29) is 5.91 Å². The van der Waals surface area contributed by atoms with Gasteiger partial charge in [0, 0.05) is 11.4 Å². The molecule has 1 N–H and O–H groups in total. The molecule has 1 saturated heterocycles. The van der Waals surface area contributed by atoms with Crippen molar-refractivity contribution < 1.29 is 4.79 Å². The highest BCUT2D eigenvalue weighted by Crippen LogP contribution is 2.38. The third kappa shape index (κ3) is 3.12. The lowest BCUT2D eigenvalue weighted by Crippen LogP contribution is -2.39. The fraction of sp³-hybridized carbons (Fsp3) is 0.625. The first-order valence-corrected chi connectivity index (χ1v) is 8.56. The van der Waals surface area contributed by atoms with Gasteiger partial charge in [-0.25, -0.2) is 0 Å². The van der Waals surface area contributed by atoms with Crippen molar-refractivity contribution in [3.8, 4) is 6.07 Å². The number of nitrogens with one attached hydrogen (secondary N) is 1. The van der Waals surface area contributed by atoms with Crippen LogP contribution in [0.25, 0.3) is 0 Å². The van der Waals surface area contributed by atoms with E-state index < -0.39 is 0 Å². The maximum atomic E-state index is 12.2. The Morgan fingerprint density at radius 2 is 2.33 bits per heavy atom. The summed E-state index contributed by atoms with van der Waals surface area (Å²) in [5.74, 6) is 0.687. The average molecular weight is 303 g/mol. The van der Waals surface area contributed by atoms with Crippen molar-refractivity contribution in [1.29, 1.82) is 5.26 Å². The molecule has 1 atom stereocenters. The lowest BCUT2D eigenvalue weighted by Gasteiger charge is -2.30. The lowest BCUT2D eigenvalue weighted by atomic mass is 10.0. The Morgan fingerprint density at radius 1 is 1.48 bits per heavy atom. The minimum absolute atomic E-state index is 0.0144. The van der Waals surface area contributed by atoms with Gasteiger partial charge < -0.3 is 5.32 Å². The number of thiophene rings is 1. The maximum Gasteiger partial charge on any atom is 0.239 e. The van der Waals surface area contributed by atoms with Crippen LogP contribution < -0.4 is 5.32 Å². The van der Waals surface area contributed by atoms with E-state index in [9.17, 15) is 10.1 Å². The van der Waals surface area contributed by atoms with Gasteiger partial charge in [0.25, 0.3) is 0 Å². The first-order chi connectivity index (χ1) is 10.2. The van der Waals surface area contributed by atoms with Gasteiger partial charge in [-0.1, -0.05) is 6.92 Å². The topological polar surface area (TPSA) is 56.1 Å². The van der Waals surface area contributed by atoms with Gasteiger partial charge in [-0.15, -0.1) is 11.3 Å². The molecule has 0 bridgehead atoms. The van der Waals surface area contributed by atoms with Gasteiger partial charge in [0.1, 0.15) is 11.1 Å². The van der Waals surface area contributed by atoms with Gasteiger partial charge in [-0.3, -0.25) is 9.69 Å². The second-order valence-corrected chi connectivity index (χ2v) is 7.31. The molecule has 2 aliphatic rings. The average Bonchev–Trinajstić information content (AvgIpc) is 2.98. The lowest BCUT2D eigenvalue weighted by molar-refractivity contribution is -0.117. The predicted octanol–water partition coefficient (Wildman–Crippen LogP) is 2.78. The SMILES string of the molecule is C[C@H]1CCCN(CC(=O)Nc2sc3c(c2C#N)CCC3)C1. The Balaban J connectivity index is 1.64. The molecular formula is C16H21N3OS. The number of piperidine rings is 1. The van der Waals surface area contributed by atoms with Crippen molar-refractivity contribution in [3.05, 3.63) is 16.0 Å². The normalized spacial score (nSPS) is 21.8. The number of aryl methyl sites for hydroxylation is 1. The summed E-state index contributed by atoms with van der Waals surface area (Å²) in [5.41, 5.74) is 1.87. The van der Waals surface area contributed by atoms with E-state index in [0.29, 0.717) is 18.0 Å². The molecule has 21 heavy (non-hydrogen) atoms. The number of fused-ring (bicyclic) bond motifs is 1. The molecule has 0 aromatic carbocycles. The molecule has 2 heterocycles. The van der Waals surface area contributed by atoms with Crippen molar-refractivity contribution in [2.75, 3.05) is 25.0 Å². The maximum absolute atomic E-state index is 12.2. The second-order valence-electron chi connectivity index (χ2n) is 6.20. The smallest absolute Gasteiger partial charge is 0.239 e. The van der Waals surface area contributed by atoms with Gasteiger partial charge in [0.2, 0.25) is 5.91 Å². The van der Waals surface area contributed by atoms with Crippen molar-refractivity contribution in [3.63, 3.8) is 0 Å². The monoisotopic (exact) mass is 303 g/mol. The summed E-state index contributed by atoms with van der Waals surface area (Å²) >= 11 is 1.59. The van der Waals surface area contributed by atoms with Crippen LogP contribution in [0.3, 0.4) is 0 Å². The minimum Gasteiger partial charge on any atom is -0.315 e. The minimum atomic E-state index is 0.0144. The molecule has 0 radical (unpaired) electrons. The number of hydrogen-bond acceptors (Lipinski definition) is 4. The zero-order valence-electron chi connectivity index (χ0n) is 12.4. The summed E-state index contributed by atoms with van der Waals surface area (Å²) < 4.78 is 0. The van der Waals surface area contributed by atoms with E-state index in [1.807, 2.05) is 0 Å². The van der Waals surface area contributed by atoms with Gasteiger partial charge >= 0.3 is 0 Å². The number of likely N-dealkylation sites (tertiary alicyclic amines) is 1. The summed E-state index contributed by atoms with van der Waals surface area (Å²) in [6.45, 7) is 4.68. The van der Waals surface area contributed by atoms with E-state index >= 15 is 0 Å². The van der Waals surface area contributed by atoms with Crippen LogP contribution in [0.15, 0.2) is 0 Å². The van der Waals surface area contributed by atoms with Gasteiger partial charge in [0.15, 0.2) is 0 Å². The molecule has 1 aromatic rings. The van der Waals surface area contributed by atoms with Crippen molar-refractivity contribution in [2.45, 2.75) is 39.0 Å². The van der Waals surface area contributed by atoms with Gasteiger partial charge in [-0.05, 0) is 50.1 Å². The number of carbonyl (C=O) groups excluding carboxylic acids is 1. The molecule has 1 aliphatic heterocycles. The highest BCUT2D eigenvalue weighted by atomic mass is 32.1. The summed E-state index contributed by atoms with van der Waals surface area (Å²) in [5, 5.41) is 13.1. The summed E-state index contributed by atoms with van der Waals surface area (Å²) in [6, 6.07) is 2.27. The fourth-order valence-corrected chi connectivity index (χ4v) is 4.67. The highest BCUT2D eigenvalue weighted by Gasteiger charge is 2.24. The molecule has 0 spiro atoms. The molecule has 0 unspecified atom stereocenters. The summed E-state index contributed by atoms with van der Waals surface area (Å²) in [6.07, 6.45) is 5.59. The van der Waals surface area contributed by atoms with Crippen LogP contribution in [0.2, 0.25) is 0 Å². The number of hydrogen-bond donors (Lipinski definition) is 1. The summed E-state index contributed by atoms with van der Waals surface area (Å²) in [4.78, 5) is 15.7. The number of anilines is 1. The third-order valence-electron chi connectivity index (χ3n) is 4.39. The van der Waals surface area contributed by atoms with Crippen LogP contribution in [-0.2, 0) is 17.6 Å². The predicted molar refractivity (Wildman–Crippen MR) is 84.5 cm³/mol. The van der Waals surface area contributed by atoms with E-state index in [1.54, 1.807) is 11.3 Å².